The number of benzene rings is 2. The predicted molar refractivity (Wildman–Crippen MR) is 70.7 cm³/mol. The zero-order valence-electron chi connectivity index (χ0n) is 10.9. The van der Waals surface area contributed by atoms with Crippen molar-refractivity contribution in [1.29, 1.82) is 0 Å². The maximum atomic E-state index is 13.7. The summed E-state index contributed by atoms with van der Waals surface area (Å²) in [4.78, 5) is 0. The van der Waals surface area contributed by atoms with Gasteiger partial charge in [0, 0.05) is 12.0 Å². The van der Waals surface area contributed by atoms with Crippen LogP contribution in [0.25, 0.3) is 0 Å². The first kappa shape index (κ1) is 13.1. The van der Waals surface area contributed by atoms with E-state index in [1.165, 1.54) is 12.1 Å². The maximum absolute atomic E-state index is 13.7. The van der Waals surface area contributed by atoms with E-state index >= 15 is 0 Å². The molecule has 3 rings (SSSR count). The molecule has 1 heterocycles. The maximum Gasteiger partial charge on any atom is 0.164 e. The Morgan fingerprint density at radius 1 is 1.25 bits per heavy atom. The molecular weight excluding hydrogens is 262 g/mol. The van der Waals surface area contributed by atoms with Gasteiger partial charge in [-0.15, -0.1) is 0 Å². The summed E-state index contributed by atoms with van der Waals surface area (Å²) in [5, 5.41) is 10.2. The van der Waals surface area contributed by atoms with Crippen molar-refractivity contribution in [2.75, 3.05) is 0 Å². The van der Waals surface area contributed by atoms with E-state index in [2.05, 4.69) is 0 Å². The topological polar surface area (TPSA) is 29.5 Å². The summed E-state index contributed by atoms with van der Waals surface area (Å²) >= 11 is 0. The molecule has 104 valence electrons. The van der Waals surface area contributed by atoms with Crippen molar-refractivity contribution in [3.63, 3.8) is 0 Å². The SMILES string of the molecule is CC1Cc2cc(C(O)c3cccc(F)c3F)ccc2O1. The lowest BCUT2D eigenvalue weighted by atomic mass is 9.98. The Bertz CT molecular complexity index is 655. The molecule has 0 saturated heterocycles. The molecule has 0 bridgehead atoms. The van der Waals surface area contributed by atoms with Crippen LogP contribution in [0.2, 0.25) is 0 Å². The average molecular weight is 276 g/mol. The number of ether oxygens (including phenoxy) is 1. The molecule has 2 nitrogen and oxygen atoms in total. The highest BCUT2D eigenvalue weighted by molar-refractivity contribution is 5.43. The van der Waals surface area contributed by atoms with E-state index in [-0.39, 0.29) is 11.7 Å². The first-order valence-electron chi connectivity index (χ1n) is 6.47. The molecule has 2 atom stereocenters. The van der Waals surface area contributed by atoms with Crippen LogP contribution < -0.4 is 4.74 Å². The minimum absolute atomic E-state index is 0.0584. The molecule has 20 heavy (non-hydrogen) atoms. The smallest absolute Gasteiger partial charge is 0.164 e. The van der Waals surface area contributed by atoms with Gasteiger partial charge in [0.15, 0.2) is 11.6 Å². The van der Waals surface area contributed by atoms with Crippen LogP contribution in [0.1, 0.15) is 29.7 Å². The van der Waals surface area contributed by atoms with Gasteiger partial charge >= 0.3 is 0 Å². The first-order chi connectivity index (χ1) is 9.56. The minimum Gasteiger partial charge on any atom is -0.490 e. The Labute approximate surface area is 115 Å². The van der Waals surface area contributed by atoms with Crippen LogP contribution in [-0.2, 0) is 6.42 Å². The number of rotatable bonds is 2. The largest absolute Gasteiger partial charge is 0.490 e. The molecule has 0 radical (unpaired) electrons. The second kappa shape index (κ2) is 4.87. The van der Waals surface area contributed by atoms with E-state index in [1.54, 1.807) is 18.2 Å². The van der Waals surface area contributed by atoms with E-state index in [1.807, 2.05) is 6.92 Å². The van der Waals surface area contributed by atoms with Crippen molar-refractivity contribution in [3.05, 3.63) is 64.7 Å². The van der Waals surface area contributed by atoms with Crippen LogP contribution in [0.4, 0.5) is 8.78 Å². The van der Waals surface area contributed by atoms with E-state index in [9.17, 15) is 13.9 Å². The number of hydrogen-bond acceptors (Lipinski definition) is 2. The van der Waals surface area contributed by atoms with Gasteiger partial charge in [0.1, 0.15) is 18.0 Å². The zero-order chi connectivity index (χ0) is 14.3. The highest BCUT2D eigenvalue weighted by Crippen LogP contribution is 2.33. The Morgan fingerprint density at radius 3 is 2.85 bits per heavy atom. The van der Waals surface area contributed by atoms with Gasteiger partial charge in [0.05, 0.1) is 0 Å². The van der Waals surface area contributed by atoms with Gasteiger partial charge < -0.3 is 9.84 Å². The van der Waals surface area contributed by atoms with Crippen molar-refractivity contribution in [2.24, 2.45) is 0 Å². The number of fused-ring (bicyclic) bond motifs is 1. The standard InChI is InChI=1S/C16H14F2O2/c1-9-7-11-8-10(5-6-14(11)20-9)16(19)12-3-2-4-13(17)15(12)18/h2-6,8-9,16,19H,7H2,1H3. The van der Waals surface area contributed by atoms with Crippen LogP contribution in [0.5, 0.6) is 5.75 Å². The van der Waals surface area contributed by atoms with Crippen molar-refractivity contribution < 1.29 is 18.6 Å². The van der Waals surface area contributed by atoms with Crippen LogP contribution >= 0.6 is 0 Å². The Morgan fingerprint density at radius 2 is 2.05 bits per heavy atom. The van der Waals surface area contributed by atoms with Crippen molar-refractivity contribution >= 4 is 0 Å². The molecular formula is C16H14F2O2. The van der Waals surface area contributed by atoms with E-state index in [0.717, 1.165) is 23.8 Å². The molecule has 0 amide bonds. The monoisotopic (exact) mass is 276 g/mol. The number of aliphatic hydroxyl groups is 1. The molecule has 1 aliphatic rings. The second-order valence-corrected chi connectivity index (χ2v) is 5.05. The van der Waals surface area contributed by atoms with Crippen LogP contribution in [0.15, 0.2) is 36.4 Å². The summed E-state index contributed by atoms with van der Waals surface area (Å²) in [7, 11) is 0. The third-order valence-electron chi connectivity index (χ3n) is 3.51. The van der Waals surface area contributed by atoms with Crippen molar-refractivity contribution in [2.45, 2.75) is 25.6 Å². The van der Waals surface area contributed by atoms with Gasteiger partial charge in [-0.25, -0.2) is 8.78 Å². The molecule has 0 aromatic heterocycles. The van der Waals surface area contributed by atoms with Crippen LogP contribution in [0, 0.1) is 11.6 Å². The molecule has 0 spiro atoms. The van der Waals surface area contributed by atoms with Gasteiger partial charge in [-0.1, -0.05) is 18.2 Å². The second-order valence-electron chi connectivity index (χ2n) is 5.05. The van der Waals surface area contributed by atoms with E-state index < -0.39 is 17.7 Å². The van der Waals surface area contributed by atoms with Crippen LogP contribution in [-0.4, -0.2) is 11.2 Å². The van der Waals surface area contributed by atoms with Gasteiger partial charge in [-0.3, -0.25) is 0 Å². The zero-order valence-corrected chi connectivity index (χ0v) is 10.9. The van der Waals surface area contributed by atoms with E-state index in [0.29, 0.717) is 5.56 Å². The quantitative estimate of drug-likeness (QED) is 0.911. The fourth-order valence-corrected chi connectivity index (χ4v) is 2.52. The molecule has 0 fully saturated rings. The number of hydrogen-bond donors (Lipinski definition) is 1. The van der Waals surface area contributed by atoms with Crippen LogP contribution in [0.3, 0.4) is 0 Å². The summed E-state index contributed by atoms with van der Waals surface area (Å²) in [6, 6.07) is 9.02. The number of halogens is 2. The summed E-state index contributed by atoms with van der Waals surface area (Å²) < 4.78 is 32.5. The molecule has 4 heteroatoms. The summed E-state index contributed by atoms with van der Waals surface area (Å²) in [5.74, 6) is -1.18. The molecule has 2 aromatic carbocycles. The minimum atomic E-state index is -1.19. The lowest BCUT2D eigenvalue weighted by Crippen LogP contribution is -2.05. The molecule has 1 aliphatic heterocycles. The van der Waals surface area contributed by atoms with Crippen molar-refractivity contribution in [1.82, 2.24) is 0 Å². The highest BCUT2D eigenvalue weighted by Gasteiger charge is 2.22. The Hall–Kier alpha value is -1.94. The average Bonchev–Trinajstić information content (AvgIpc) is 2.80. The summed E-state index contributed by atoms with van der Waals surface area (Å²) in [6.07, 6.45) is -0.336. The molecule has 1 N–H and O–H groups in total. The number of aliphatic hydroxyl groups excluding tert-OH is 1. The fourth-order valence-electron chi connectivity index (χ4n) is 2.52. The highest BCUT2D eigenvalue weighted by atomic mass is 19.2. The van der Waals surface area contributed by atoms with Gasteiger partial charge in [0.2, 0.25) is 0 Å². The third-order valence-corrected chi connectivity index (χ3v) is 3.51. The molecule has 0 saturated carbocycles. The molecule has 0 aliphatic carbocycles. The van der Waals surface area contributed by atoms with E-state index in [4.69, 9.17) is 4.74 Å². The summed E-state index contributed by atoms with van der Waals surface area (Å²) in [5.41, 5.74) is 1.45. The normalized spacial score (nSPS) is 18.5. The lowest BCUT2D eigenvalue weighted by molar-refractivity contribution is 0.213. The third kappa shape index (κ3) is 2.16. The summed E-state index contributed by atoms with van der Waals surface area (Å²) in [6.45, 7) is 1.96. The predicted octanol–water partition coefficient (Wildman–Crippen LogP) is 3.37. The molecule has 2 aromatic rings. The van der Waals surface area contributed by atoms with Crippen molar-refractivity contribution in [3.8, 4) is 5.75 Å². The first-order valence-corrected chi connectivity index (χ1v) is 6.47. The van der Waals surface area contributed by atoms with Gasteiger partial charge in [-0.05, 0) is 36.2 Å². The molecule has 2 unspecified atom stereocenters. The van der Waals surface area contributed by atoms with Gasteiger partial charge in [0.25, 0.3) is 0 Å². The van der Waals surface area contributed by atoms with Gasteiger partial charge in [-0.2, -0.15) is 0 Å². The Kier molecular flexibility index (Phi) is 3.18. The Balaban J connectivity index is 1.97. The fraction of sp³-hybridized carbons (Fsp3) is 0.250. The lowest BCUT2D eigenvalue weighted by Gasteiger charge is -2.13.